The molecule has 17 heavy (non-hydrogen) atoms. The van der Waals surface area contributed by atoms with Gasteiger partial charge in [0.1, 0.15) is 5.69 Å². The Morgan fingerprint density at radius 3 is 2.53 bits per heavy atom. The van der Waals surface area contributed by atoms with Gasteiger partial charge < -0.3 is 9.67 Å². The van der Waals surface area contributed by atoms with Crippen LogP contribution in [0.4, 0.5) is 5.69 Å². The largest absolute Gasteiger partial charge is 0.477 e. The molecule has 0 fully saturated rings. The van der Waals surface area contributed by atoms with E-state index in [0.717, 1.165) is 18.9 Å². The van der Waals surface area contributed by atoms with Crippen LogP contribution >= 0.6 is 0 Å². The summed E-state index contributed by atoms with van der Waals surface area (Å²) in [7, 11) is 0. The molecule has 1 N–H and O–H groups in total. The molecule has 1 aromatic heterocycles. The Kier molecular flexibility index (Phi) is 4.25. The number of hydrogen-bond acceptors (Lipinski definition) is 3. The van der Waals surface area contributed by atoms with Gasteiger partial charge in [0.15, 0.2) is 0 Å². The summed E-state index contributed by atoms with van der Waals surface area (Å²) in [5.74, 6) is -0.802. The van der Waals surface area contributed by atoms with Crippen molar-refractivity contribution in [1.29, 1.82) is 0 Å². The van der Waals surface area contributed by atoms with E-state index >= 15 is 0 Å². The van der Waals surface area contributed by atoms with E-state index in [-0.39, 0.29) is 11.4 Å². The van der Waals surface area contributed by atoms with Crippen molar-refractivity contribution in [2.45, 2.75) is 33.2 Å². The fourth-order valence-electron chi connectivity index (χ4n) is 1.75. The normalized spacial score (nSPS) is 10.8. The molecule has 0 radical (unpaired) electrons. The van der Waals surface area contributed by atoms with Crippen LogP contribution in [0.5, 0.6) is 0 Å². The van der Waals surface area contributed by atoms with Crippen molar-refractivity contribution in [3.05, 3.63) is 28.1 Å². The number of carboxylic acids is 1. The Balaban J connectivity index is 3.04. The lowest BCUT2D eigenvalue weighted by Crippen LogP contribution is -2.13. The average molecular weight is 240 g/mol. The van der Waals surface area contributed by atoms with Crippen LogP contribution in [0.25, 0.3) is 0 Å². The fourth-order valence-corrected chi connectivity index (χ4v) is 1.75. The quantitative estimate of drug-likeness (QED) is 0.611. The van der Waals surface area contributed by atoms with E-state index in [1.165, 1.54) is 10.8 Å². The lowest BCUT2D eigenvalue weighted by atomic mass is 10.0. The Labute approximate surface area is 99.0 Å². The number of carboxylic acid groups (broad SMARTS) is 1. The van der Waals surface area contributed by atoms with Gasteiger partial charge in [-0.15, -0.1) is 0 Å². The smallest absolute Gasteiger partial charge is 0.352 e. The van der Waals surface area contributed by atoms with Crippen LogP contribution < -0.4 is 0 Å². The lowest BCUT2D eigenvalue weighted by molar-refractivity contribution is -0.384. The van der Waals surface area contributed by atoms with E-state index in [4.69, 9.17) is 5.11 Å². The third-order valence-corrected chi connectivity index (χ3v) is 2.92. The summed E-state index contributed by atoms with van der Waals surface area (Å²) in [5, 5.41) is 19.6. The molecule has 94 valence electrons. The van der Waals surface area contributed by atoms with E-state index in [9.17, 15) is 14.9 Å². The van der Waals surface area contributed by atoms with Gasteiger partial charge in [0.2, 0.25) is 0 Å². The van der Waals surface area contributed by atoms with Gasteiger partial charge in [0, 0.05) is 12.6 Å². The second kappa shape index (κ2) is 5.47. The predicted octanol–water partition coefficient (Wildman–Crippen LogP) is 2.53. The first-order valence-electron chi connectivity index (χ1n) is 5.57. The molecule has 0 spiro atoms. The minimum atomic E-state index is -1.14. The molecule has 1 aromatic rings. The molecular weight excluding hydrogens is 224 g/mol. The second-order valence-electron chi connectivity index (χ2n) is 3.98. The van der Waals surface area contributed by atoms with Crippen molar-refractivity contribution in [1.82, 2.24) is 4.57 Å². The number of nitrogens with zero attached hydrogens (tertiary/aromatic N) is 2. The summed E-state index contributed by atoms with van der Waals surface area (Å²) in [6, 6.07) is 1.10. The van der Waals surface area contributed by atoms with Gasteiger partial charge in [-0.2, -0.15) is 0 Å². The van der Waals surface area contributed by atoms with Crippen molar-refractivity contribution >= 4 is 11.7 Å². The average Bonchev–Trinajstić information content (AvgIpc) is 2.69. The van der Waals surface area contributed by atoms with Crippen molar-refractivity contribution in [3.63, 3.8) is 0 Å². The first kappa shape index (κ1) is 13.2. The van der Waals surface area contributed by atoms with Crippen molar-refractivity contribution < 1.29 is 14.8 Å². The van der Waals surface area contributed by atoms with E-state index in [2.05, 4.69) is 0 Å². The van der Waals surface area contributed by atoms with Crippen LogP contribution in [-0.2, 0) is 6.54 Å². The standard InChI is InChI=1S/C11H16N2O4/c1-3-8(4-2)6-12-7-9(13(16)17)5-10(12)11(14)15/h5,7-8H,3-4,6H2,1-2H3,(H,14,15). The molecule has 0 amide bonds. The van der Waals surface area contributed by atoms with Crippen molar-refractivity contribution in [2.24, 2.45) is 5.92 Å². The van der Waals surface area contributed by atoms with Crippen LogP contribution in [0.15, 0.2) is 12.3 Å². The van der Waals surface area contributed by atoms with Gasteiger partial charge in [0.05, 0.1) is 11.1 Å². The van der Waals surface area contributed by atoms with Gasteiger partial charge in [0.25, 0.3) is 5.69 Å². The molecule has 1 rings (SSSR count). The highest BCUT2D eigenvalue weighted by Gasteiger charge is 2.19. The summed E-state index contributed by atoms with van der Waals surface area (Å²) in [6.07, 6.45) is 3.13. The van der Waals surface area contributed by atoms with Gasteiger partial charge in [-0.3, -0.25) is 10.1 Å². The molecule has 0 unspecified atom stereocenters. The first-order chi connectivity index (χ1) is 7.99. The molecule has 1 heterocycles. The molecule has 0 aromatic carbocycles. The zero-order valence-corrected chi connectivity index (χ0v) is 9.92. The number of carbonyl (C=O) groups is 1. The number of nitro groups is 1. The second-order valence-corrected chi connectivity index (χ2v) is 3.98. The number of aromatic carboxylic acids is 1. The lowest BCUT2D eigenvalue weighted by Gasteiger charge is -2.14. The monoisotopic (exact) mass is 240 g/mol. The predicted molar refractivity (Wildman–Crippen MR) is 62.1 cm³/mol. The third-order valence-electron chi connectivity index (χ3n) is 2.92. The Bertz CT molecular complexity index is 421. The molecule has 0 saturated carbocycles. The first-order valence-corrected chi connectivity index (χ1v) is 5.57. The third kappa shape index (κ3) is 3.05. The van der Waals surface area contributed by atoms with Gasteiger partial charge >= 0.3 is 5.97 Å². The molecule has 6 nitrogen and oxygen atoms in total. The van der Waals surface area contributed by atoms with Crippen LogP contribution in [0.2, 0.25) is 0 Å². The number of rotatable bonds is 6. The molecule has 6 heteroatoms. The zero-order valence-electron chi connectivity index (χ0n) is 9.92. The molecule has 0 aliphatic heterocycles. The maximum absolute atomic E-state index is 11.0. The van der Waals surface area contributed by atoms with Crippen LogP contribution in [0.3, 0.4) is 0 Å². The zero-order chi connectivity index (χ0) is 13.0. The van der Waals surface area contributed by atoms with E-state index in [1.807, 2.05) is 13.8 Å². The Hall–Kier alpha value is -1.85. The summed E-state index contributed by atoms with van der Waals surface area (Å²) >= 11 is 0. The summed E-state index contributed by atoms with van der Waals surface area (Å²) in [4.78, 5) is 21.0. The van der Waals surface area contributed by atoms with Crippen molar-refractivity contribution in [3.8, 4) is 0 Å². The van der Waals surface area contributed by atoms with Crippen LogP contribution in [0, 0.1) is 16.0 Å². The maximum atomic E-state index is 11.0. The molecule has 0 atom stereocenters. The molecule has 0 saturated heterocycles. The van der Waals surface area contributed by atoms with E-state index in [0.29, 0.717) is 12.5 Å². The van der Waals surface area contributed by atoms with Crippen LogP contribution in [0.1, 0.15) is 37.2 Å². The topological polar surface area (TPSA) is 85.4 Å². The van der Waals surface area contributed by atoms with Crippen LogP contribution in [-0.4, -0.2) is 20.6 Å². The Morgan fingerprint density at radius 2 is 2.12 bits per heavy atom. The molecule has 0 aliphatic rings. The number of aromatic nitrogens is 1. The number of hydrogen-bond donors (Lipinski definition) is 1. The van der Waals surface area contributed by atoms with Crippen molar-refractivity contribution in [2.75, 3.05) is 0 Å². The SMILES string of the molecule is CCC(CC)Cn1cc([N+](=O)[O-])cc1C(=O)O. The maximum Gasteiger partial charge on any atom is 0.352 e. The summed E-state index contributed by atoms with van der Waals surface area (Å²) in [6.45, 7) is 4.54. The fraction of sp³-hybridized carbons (Fsp3) is 0.545. The van der Waals surface area contributed by atoms with Gasteiger partial charge in [-0.05, 0) is 5.92 Å². The molecular formula is C11H16N2O4. The minimum absolute atomic E-state index is 0.0244. The minimum Gasteiger partial charge on any atom is -0.477 e. The summed E-state index contributed by atoms with van der Waals surface area (Å²) in [5.41, 5.74) is -0.197. The highest BCUT2D eigenvalue weighted by Crippen LogP contribution is 2.20. The molecule has 0 bridgehead atoms. The summed E-state index contributed by atoms with van der Waals surface area (Å²) < 4.78 is 1.46. The van der Waals surface area contributed by atoms with E-state index < -0.39 is 10.9 Å². The van der Waals surface area contributed by atoms with Gasteiger partial charge in [-0.1, -0.05) is 26.7 Å². The molecule has 0 aliphatic carbocycles. The van der Waals surface area contributed by atoms with Gasteiger partial charge in [-0.25, -0.2) is 4.79 Å². The highest BCUT2D eigenvalue weighted by molar-refractivity contribution is 5.86. The Morgan fingerprint density at radius 1 is 1.53 bits per heavy atom. The highest BCUT2D eigenvalue weighted by atomic mass is 16.6. The van der Waals surface area contributed by atoms with E-state index in [1.54, 1.807) is 0 Å².